The van der Waals surface area contributed by atoms with Crippen molar-refractivity contribution in [3.05, 3.63) is 30.2 Å². The Morgan fingerprint density at radius 2 is 2.14 bits per heavy atom. The fourth-order valence-corrected chi connectivity index (χ4v) is 4.96. The van der Waals surface area contributed by atoms with Gasteiger partial charge in [-0.05, 0) is 44.7 Å². The number of halogens is 1. The van der Waals surface area contributed by atoms with Crippen molar-refractivity contribution in [2.24, 2.45) is 10.4 Å². The van der Waals surface area contributed by atoms with Crippen LogP contribution in [0.1, 0.15) is 51.3 Å². The minimum Gasteiger partial charge on any atom is -0.378 e. The van der Waals surface area contributed by atoms with Crippen LogP contribution < -0.4 is 10.6 Å². The summed E-state index contributed by atoms with van der Waals surface area (Å²) in [4.78, 5) is 4.44. The van der Waals surface area contributed by atoms with Crippen molar-refractivity contribution in [2.75, 3.05) is 20.2 Å². The Kier molecular flexibility index (Phi) is 7.72. The lowest BCUT2D eigenvalue weighted by Crippen LogP contribution is -2.65. The molecule has 2 fully saturated rings. The molecule has 2 aromatic heterocycles. The van der Waals surface area contributed by atoms with E-state index in [0.717, 1.165) is 49.8 Å². The zero-order chi connectivity index (χ0) is 19.4. The van der Waals surface area contributed by atoms with Gasteiger partial charge in [0.15, 0.2) is 11.6 Å². The lowest BCUT2D eigenvalue weighted by Gasteiger charge is -2.54. The van der Waals surface area contributed by atoms with E-state index >= 15 is 0 Å². The predicted octanol–water partition coefficient (Wildman–Crippen LogP) is 3.18. The summed E-state index contributed by atoms with van der Waals surface area (Å²) < 4.78 is 8.08. The molecule has 7 nitrogen and oxygen atoms in total. The van der Waals surface area contributed by atoms with Gasteiger partial charge >= 0.3 is 0 Å². The van der Waals surface area contributed by atoms with Crippen molar-refractivity contribution in [1.29, 1.82) is 0 Å². The molecule has 160 valence electrons. The lowest BCUT2D eigenvalue weighted by atomic mass is 9.60. The molecule has 2 unspecified atom stereocenters. The largest absolute Gasteiger partial charge is 0.378 e. The molecule has 4 rings (SSSR count). The molecule has 0 radical (unpaired) electrons. The standard InChI is InChI=1S/C21H32N6O.HI/c1-3-28-17-15-16(21(17)11-5-6-12-21)24-20(22-2)23-13-8-10-19-26-25-18-9-4-7-14-27(18)19;/h4,7,9,14,16-17H,3,5-6,8,10-13,15H2,1-2H3,(H2,22,23,24);1H. The van der Waals surface area contributed by atoms with Crippen LogP contribution in [0, 0.1) is 5.41 Å². The molecule has 0 aliphatic heterocycles. The van der Waals surface area contributed by atoms with Gasteiger partial charge in [-0.1, -0.05) is 18.9 Å². The highest BCUT2D eigenvalue weighted by atomic mass is 127. The molecule has 2 heterocycles. The Bertz CT molecular complexity index is 816. The second kappa shape index (κ2) is 10.1. The first-order valence-electron chi connectivity index (χ1n) is 10.6. The third kappa shape index (κ3) is 4.52. The maximum Gasteiger partial charge on any atom is 0.191 e. The summed E-state index contributed by atoms with van der Waals surface area (Å²) in [7, 11) is 1.85. The van der Waals surface area contributed by atoms with Crippen molar-refractivity contribution < 1.29 is 4.74 Å². The number of aryl methyl sites for hydroxylation is 1. The van der Waals surface area contributed by atoms with Gasteiger partial charge < -0.3 is 15.4 Å². The van der Waals surface area contributed by atoms with Crippen LogP contribution in [0.15, 0.2) is 29.4 Å². The lowest BCUT2D eigenvalue weighted by molar-refractivity contribution is -0.125. The summed E-state index contributed by atoms with van der Waals surface area (Å²) in [5.41, 5.74) is 1.22. The number of nitrogens with one attached hydrogen (secondary N) is 2. The molecule has 0 bridgehead atoms. The van der Waals surface area contributed by atoms with Crippen LogP contribution in [0.3, 0.4) is 0 Å². The fraction of sp³-hybridized carbons (Fsp3) is 0.667. The molecule has 2 aromatic rings. The molecule has 0 amide bonds. The summed E-state index contributed by atoms with van der Waals surface area (Å²) in [5.74, 6) is 1.90. The van der Waals surface area contributed by atoms with E-state index in [9.17, 15) is 0 Å². The van der Waals surface area contributed by atoms with Gasteiger partial charge in [0.2, 0.25) is 0 Å². The van der Waals surface area contributed by atoms with Gasteiger partial charge in [-0.3, -0.25) is 9.39 Å². The van der Waals surface area contributed by atoms with Crippen molar-refractivity contribution in [2.45, 2.75) is 64.0 Å². The summed E-state index contributed by atoms with van der Waals surface area (Å²) in [6, 6.07) is 6.45. The normalized spacial score (nSPS) is 23.0. The molecule has 2 saturated carbocycles. The molecular weight excluding hydrogens is 479 g/mol. The van der Waals surface area contributed by atoms with E-state index in [-0.39, 0.29) is 24.0 Å². The van der Waals surface area contributed by atoms with Crippen molar-refractivity contribution in [1.82, 2.24) is 25.2 Å². The van der Waals surface area contributed by atoms with Crippen LogP contribution in [0.4, 0.5) is 0 Å². The molecule has 0 saturated heterocycles. The first-order valence-corrected chi connectivity index (χ1v) is 10.6. The third-order valence-corrected chi connectivity index (χ3v) is 6.48. The number of pyridine rings is 1. The van der Waals surface area contributed by atoms with E-state index in [0.29, 0.717) is 17.6 Å². The van der Waals surface area contributed by atoms with Crippen LogP contribution in [0.2, 0.25) is 0 Å². The number of aromatic nitrogens is 3. The van der Waals surface area contributed by atoms with Crippen molar-refractivity contribution in [3.63, 3.8) is 0 Å². The predicted molar refractivity (Wildman–Crippen MR) is 126 cm³/mol. The molecule has 2 aliphatic rings. The van der Waals surface area contributed by atoms with Crippen LogP contribution in [0.5, 0.6) is 0 Å². The van der Waals surface area contributed by atoms with E-state index in [1.54, 1.807) is 0 Å². The van der Waals surface area contributed by atoms with E-state index in [2.05, 4.69) is 37.1 Å². The molecule has 2 atom stereocenters. The quantitative estimate of drug-likeness (QED) is 0.258. The number of hydrogen-bond donors (Lipinski definition) is 2. The smallest absolute Gasteiger partial charge is 0.191 e. The monoisotopic (exact) mass is 512 g/mol. The first-order chi connectivity index (χ1) is 13.8. The topological polar surface area (TPSA) is 75.8 Å². The molecule has 29 heavy (non-hydrogen) atoms. The van der Waals surface area contributed by atoms with E-state index in [1.807, 2.05) is 31.4 Å². The molecule has 1 spiro atoms. The van der Waals surface area contributed by atoms with E-state index in [1.165, 1.54) is 25.7 Å². The van der Waals surface area contributed by atoms with Crippen LogP contribution in [-0.4, -0.2) is 52.9 Å². The highest BCUT2D eigenvalue weighted by molar-refractivity contribution is 14.0. The van der Waals surface area contributed by atoms with Crippen molar-refractivity contribution >= 4 is 35.6 Å². The Labute approximate surface area is 190 Å². The fourth-order valence-electron chi connectivity index (χ4n) is 4.96. The first kappa shape index (κ1) is 22.3. The zero-order valence-electron chi connectivity index (χ0n) is 17.4. The zero-order valence-corrected chi connectivity index (χ0v) is 19.8. The second-order valence-electron chi connectivity index (χ2n) is 7.96. The number of ether oxygens (including phenoxy) is 1. The third-order valence-electron chi connectivity index (χ3n) is 6.48. The number of fused-ring (bicyclic) bond motifs is 1. The average Bonchev–Trinajstić information content (AvgIpc) is 3.38. The number of guanidine groups is 1. The number of nitrogens with zero attached hydrogens (tertiary/aromatic N) is 4. The van der Waals surface area contributed by atoms with Crippen molar-refractivity contribution in [3.8, 4) is 0 Å². The number of aliphatic imine (C=N–C) groups is 1. The average molecular weight is 512 g/mol. The van der Waals surface area contributed by atoms with Gasteiger partial charge in [0.05, 0.1) is 6.10 Å². The number of hydrogen-bond acceptors (Lipinski definition) is 4. The SMILES string of the molecule is CCOC1CC(NC(=NC)NCCCc2nnc3ccccn23)C12CCCC2.I. The van der Waals surface area contributed by atoms with E-state index in [4.69, 9.17) is 4.74 Å². The minimum absolute atomic E-state index is 0. The van der Waals surface area contributed by atoms with Gasteiger partial charge in [-0.15, -0.1) is 34.2 Å². The van der Waals surface area contributed by atoms with Crippen LogP contribution >= 0.6 is 24.0 Å². The van der Waals surface area contributed by atoms with Gasteiger partial charge in [-0.2, -0.15) is 0 Å². The highest BCUT2D eigenvalue weighted by Crippen LogP contribution is 2.54. The molecule has 2 aliphatic carbocycles. The van der Waals surface area contributed by atoms with Crippen LogP contribution in [0.25, 0.3) is 5.65 Å². The molecule has 2 N–H and O–H groups in total. The summed E-state index contributed by atoms with van der Waals surface area (Å²) in [5, 5.41) is 15.7. The summed E-state index contributed by atoms with van der Waals surface area (Å²) in [6.07, 6.45) is 10.6. The Morgan fingerprint density at radius 3 is 2.90 bits per heavy atom. The maximum atomic E-state index is 6.02. The van der Waals surface area contributed by atoms with Gasteiger partial charge in [0.1, 0.15) is 5.82 Å². The van der Waals surface area contributed by atoms with Gasteiger partial charge in [0.25, 0.3) is 0 Å². The number of rotatable bonds is 7. The maximum absolute atomic E-state index is 6.02. The van der Waals surface area contributed by atoms with Gasteiger partial charge in [0, 0.05) is 44.3 Å². The Hall–Kier alpha value is -1.42. The molecular formula is C21H33IN6O. The van der Waals surface area contributed by atoms with Gasteiger partial charge in [-0.25, -0.2) is 0 Å². The van der Waals surface area contributed by atoms with Crippen LogP contribution in [-0.2, 0) is 11.2 Å². The summed E-state index contributed by atoms with van der Waals surface area (Å²) in [6.45, 7) is 3.77. The Balaban J connectivity index is 0.00000240. The minimum atomic E-state index is 0. The molecule has 8 heteroatoms. The van der Waals surface area contributed by atoms with E-state index < -0.39 is 0 Å². The Morgan fingerprint density at radius 1 is 1.31 bits per heavy atom. The highest BCUT2D eigenvalue weighted by Gasteiger charge is 2.56. The molecule has 0 aromatic carbocycles. The second-order valence-corrected chi connectivity index (χ2v) is 7.96. The summed E-state index contributed by atoms with van der Waals surface area (Å²) >= 11 is 0.